The second kappa shape index (κ2) is 13.1. The van der Waals surface area contributed by atoms with Crippen LogP contribution in [0.5, 0.6) is 0 Å². The minimum Gasteiger partial charge on any atom is -0.321 e. The molecule has 2 N–H and O–H groups in total. The predicted molar refractivity (Wildman–Crippen MR) is 81.7 cm³/mol. The Labute approximate surface area is 115 Å². The van der Waals surface area contributed by atoms with E-state index in [0.717, 1.165) is 6.42 Å². The van der Waals surface area contributed by atoms with Gasteiger partial charge >= 0.3 is 0 Å². The van der Waals surface area contributed by atoms with Crippen LogP contribution in [0.1, 0.15) is 80.1 Å². The lowest BCUT2D eigenvalue weighted by Gasteiger charge is -2.24. The second-order valence-electron chi connectivity index (χ2n) is 4.90. The van der Waals surface area contributed by atoms with Crippen LogP contribution < -0.4 is 5.73 Å². The number of rotatable bonds is 4. The maximum absolute atomic E-state index is 11.6. The molecule has 1 aliphatic carbocycles. The van der Waals surface area contributed by atoms with E-state index in [1.165, 1.54) is 32.1 Å². The largest absolute Gasteiger partial charge is 0.321 e. The van der Waals surface area contributed by atoms with Crippen LogP contribution in [-0.2, 0) is 4.79 Å². The number of nitrogens with two attached hydrogens (primary N) is 1. The van der Waals surface area contributed by atoms with Crippen molar-refractivity contribution in [1.82, 2.24) is 0 Å². The van der Waals surface area contributed by atoms with Crippen molar-refractivity contribution in [1.29, 1.82) is 0 Å². The molecule has 0 aliphatic heterocycles. The molecule has 1 fully saturated rings. The lowest BCUT2D eigenvalue weighted by molar-refractivity contribution is -0.123. The van der Waals surface area contributed by atoms with Crippen LogP contribution in [0, 0.1) is 11.8 Å². The summed E-state index contributed by atoms with van der Waals surface area (Å²) in [5, 5.41) is 0. The molecular weight excluding hydrogens is 222 g/mol. The number of hydrogen-bond donors (Lipinski definition) is 1. The zero-order chi connectivity index (χ0) is 14.6. The Morgan fingerprint density at radius 3 is 1.89 bits per heavy atom. The van der Waals surface area contributed by atoms with E-state index in [1.54, 1.807) is 0 Å². The molecule has 0 spiro atoms. The van der Waals surface area contributed by atoms with Crippen molar-refractivity contribution in [2.24, 2.45) is 17.6 Å². The normalized spacial score (nSPS) is 17.1. The van der Waals surface area contributed by atoms with Crippen molar-refractivity contribution in [2.45, 2.75) is 86.1 Å². The molecule has 2 nitrogen and oxygen atoms in total. The molecule has 110 valence electrons. The highest BCUT2D eigenvalue weighted by molar-refractivity contribution is 5.85. The van der Waals surface area contributed by atoms with Crippen LogP contribution in [0.25, 0.3) is 0 Å². The number of ketones is 1. The monoisotopic (exact) mass is 257 g/mol. The van der Waals surface area contributed by atoms with Crippen LogP contribution in [-0.4, -0.2) is 11.8 Å². The second-order valence-corrected chi connectivity index (χ2v) is 4.90. The zero-order valence-electron chi connectivity index (χ0n) is 13.5. The lowest BCUT2D eigenvalue weighted by atomic mass is 9.83. The molecule has 1 rings (SSSR count). The first-order valence-electron chi connectivity index (χ1n) is 7.90. The molecule has 0 aromatic rings. The van der Waals surface area contributed by atoms with Crippen molar-refractivity contribution >= 4 is 5.78 Å². The minimum absolute atomic E-state index is 0.0913. The van der Waals surface area contributed by atoms with Gasteiger partial charge in [0.2, 0.25) is 0 Å². The first-order chi connectivity index (χ1) is 8.61. The summed E-state index contributed by atoms with van der Waals surface area (Å²) in [6.45, 7) is 11.9. The Hall–Kier alpha value is -0.370. The van der Waals surface area contributed by atoms with Crippen molar-refractivity contribution < 1.29 is 4.79 Å². The summed E-state index contributed by atoms with van der Waals surface area (Å²) in [7, 11) is 0. The van der Waals surface area contributed by atoms with Gasteiger partial charge < -0.3 is 5.73 Å². The number of Topliss-reactive ketones (excluding diaryl/α,β-unsaturated/α-hetero) is 1. The van der Waals surface area contributed by atoms with Crippen molar-refractivity contribution in [3.05, 3.63) is 0 Å². The molecule has 0 heterocycles. The Bertz CT molecular complexity index is 184. The van der Waals surface area contributed by atoms with E-state index >= 15 is 0 Å². The Balaban J connectivity index is 0. The summed E-state index contributed by atoms with van der Waals surface area (Å²) in [4.78, 5) is 11.6. The fourth-order valence-electron chi connectivity index (χ4n) is 2.33. The fourth-order valence-corrected chi connectivity index (χ4v) is 2.33. The first kappa shape index (κ1) is 20.0. The van der Waals surface area contributed by atoms with Crippen molar-refractivity contribution in [3.63, 3.8) is 0 Å². The predicted octanol–water partition coefficient (Wildman–Crippen LogP) is 4.56. The molecule has 0 saturated heterocycles. The van der Waals surface area contributed by atoms with E-state index in [2.05, 4.69) is 0 Å². The average Bonchev–Trinajstić information content (AvgIpc) is 2.43. The molecule has 0 amide bonds. The molecule has 1 atom stereocenters. The van der Waals surface area contributed by atoms with Gasteiger partial charge in [0, 0.05) is 5.92 Å². The average molecular weight is 257 g/mol. The van der Waals surface area contributed by atoms with Gasteiger partial charge in [-0.15, -0.1) is 0 Å². The van der Waals surface area contributed by atoms with E-state index < -0.39 is 0 Å². The lowest BCUT2D eigenvalue weighted by Crippen LogP contribution is -2.35. The molecular formula is C16H35NO. The number of carbonyl (C=O) groups is 1. The van der Waals surface area contributed by atoms with Gasteiger partial charge in [0.05, 0.1) is 6.04 Å². The fraction of sp³-hybridized carbons (Fsp3) is 0.938. The summed E-state index contributed by atoms with van der Waals surface area (Å²) in [5.41, 5.74) is 5.90. The SMILES string of the molecule is CC.CC.CC(C)C(=O)C(N)CC1CCCCC1. The molecule has 18 heavy (non-hydrogen) atoms. The van der Waals surface area contributed by atoms with Crippen LogP contribution in [0.15, 0.2) is 0 Å². The van der Waals surface area contributed by atoms with Crippen molar-refractivity contribution in [2.75, 3.05) is 0 Å². The molecule has 0 bridgehead atoms. The highest BCUT2D eigenvalue weighted by Crippen LogP contribution is 2.27. The maximum atomic E-state index is 11.6. The van der Waals surface area contributed by atoms with Gasteiger partial charge in [-0.05, 0) is 12.3 Å². The van der Waals surface area contributed by atoms with Crippen LogP contribution in [0.2, 0.25) is 0 Å². The van der Waals surface area contributed by atoms with Gasteiger partial charge in [0.25, 0.3) is 0 Å². The van der Waals surface area contributed by atoms with Gasteiger partial charge in [-0.2, -0.15) is 0 Å². The maximum Gasteiger partial charge on any atom is 0.152 e. The number of hydrogen-bond acceptors (Lipinski definition) is 2. The smallest absolute Gasteiger partial charge is 0.152 e. The third-order valence-corrected chi connectivity index (χ3v) is 3.25. The first-order valence-corrected chi connectivity index (χ1v) is 7.90. The number of carbonyl (C=O) groups excluding carboxylic acids is 1. The quantitative estimate of drug-likeness (QED) is 0.802. The van der Waals surface area contributed by atoms with E-state index in [1.807, 2.05) is 41.5 Å². The Kier molecular flexibility index (Phi) is 14.5. The summed E-state index contributed by atoms with van der Waals surface area (Å²) < 4.78 is 0. The Morgan fingerprint density at radius 2 is 1.50 bits per heavy atom. The topological polar surface area (TPSA) is 43.1 Å². The van der Waals surface area contributed by atoms with Gasteiger partial charge in [0.1, 0.15) is 0 Å². The standard InChI is InChI=1S/C12H23NO.2C2H6/c1-9(2)12(14)11(13)8-10-6-4-3-5-7-10;2*1-2/h9-11H,3-8,13H2,1-2H3;2*1-2H3. The van der Waals surface area contributed by atoms with Gasteiger partial charge in [-0.1, -0.05) is 73.6 Å². The molecule has 2 heteroatoms. The van der Waals surface area contributed by atoms with Crippen molar-refractivity contribution in [3.8, 4) is 0 Å². The third kappa shape index (κ3) is 8.68. The molecule has 1 unspecified atom stereocenters. The van der Waals surface area contributed by atoms with Crippen LogP contribution in [0.3, 0.4) is 0 Å². The summed E-state index contributed by atoms with van der Waals surface area (Å²) in [6, 6.07) is -0.210. The van der Waals surface area contributed by atoms with E-state index in [0.29, 0.717) is 5.92 Å². The van der Waals surface area contributed by atoms with Gasteiger partial charge in [-0.3, -0.25) is 4.79 Å². The highest BCUT2D eigenvalue weighted by atomic mass is 16.1. The molecule has 1 aliphatic rings. The highest BCUT2D eigenvalue weighted by Gasteiger charge is 2.22. The summed E-state index contributed by atoms with van der Waals surface area (Å²) in [6.07, 6.45) is 7.49. The van der Waals surface area contributed by atoms with Gasteiger partial charge in [-0.25, -0.2) is 0 Å². The zero-order valence-corrected chi connectivity index (χ0v) is 13.5. The molecule has 0 radical (unpaired) electrons. The van der Waals surface area contributed by atoms with E-state index in [9.17, 15) is 4.79 Å². The molecule has 0 aromatic heterocycles. The summed E-state index contributed by atoms with van der Waals surface area (Å²) >= 11 is 0. The van der Waals surface area contributed by atoms with E-state index in [4.69, 9.17) is 5.73 Å². The van der Waals surface area contributed by atoms with Gasteiger partial charge in [0.15, 0.2) is 5.78 Å². The molecule has 0 aromatic carbocycles. The van der Waals surface area contributed by atoms with E-state index in [-0.39, 0.29) is 17.7 Å². The third-order valence-electron chi connectivity index (χ3n) is 3.25. The Morgan fingerprint density at radius 1 is 1.06 bits per heavy atom. The molecule has 1 saturated carbocycles. The van der Waals surface area contributed by atoms with Crippen LogP contribution >= 0.6 is 0 Å². The van der Waals surface area contributed by atoms with Crippen LogP contribution in [0.4, 0.5) is 0 Å². The summed E-state index contributed by atoms with van der Waals surface area (Å²) in [5.74, 6) is 1.03. The minimum atomic E-state index is -0.210.